The van der Waals surface area contributed by atoms with Gasteiger partial charge in [-0.3, -0.25) is 19.3 Å². The number of carbonyl (C=O) groups excluding carboxylic acids is 3. The molecule has 6 rings (SSSR count). The molecule has 9 heteroatoms. The fourth-order valence-corrected chi connectivity index (χ4v) is 6.31. The van der Waals surface area contributed by atoms with E-state index in [1.54, 1.807) is 6.92 Å². The Kier molecular flexibility index (Phi) is 3.93. The molecule has 27 heavy (non-hydrogen) atoms. The lowest BCUT2D eigenvalue weighted by Crippen LogP contribution is -2.70. The van der Waals surface area contributed by atoms with Gasteiger partial charge in [0, 0.05) is 24.8 Å². The SMILES string of the molecule is C[C@@H]1CC[C@H]2[C@@H](CN3C(=O)CSC3=O)C(=O)O[C@@H]3O[C@]4(C)CC[C@@H]1[C@]32OO4. The predicted octanol–water partition coefficient (Wildman–Crippen LogP) is 2.07. The molecule has 0 aromatic rings. The Morgan fingerprint density at radius 3 is 2.70 bits per heavy atom. The number of amides is 2. The van der Waals surface area contributed by atoms with Gasteiger partial charge in [-0.25, -0.2) is 9.78 Å². The molecule has 1 aliphatic carbocycles. The summed E-state index contributed by atoms with van der Waals surface area (Å²) in [6, 6.07) is 0. The number of esters is 1. The van der Waals surface area contributed by atoms with Crippen molar-refractivity contribution in [2.45, 2.75) is 57.2 Å². The van der Waals surface area contributed by atoms with E-state index in [-0.39, 0.29) is 35.3 Å². The van der Waals surface area contributed by atoms with Crippen molar-refractivity contribution in [3.63, 3.8) is 0 Å². The Morgan fingerprint density at radius 1 is 1.15 bits per heavy atom. The standard InChI is InChI=1S/C18H23NO7S/c1-9-3-4-12-10(7-19-13(20)8-27-16(19)22)14(21)23-15-18(12)11(9)5-6-17(2,24-15)25-26-18/h9-12,15H,3-8H2,1-2H3/t9-,10-,11+,12+,15-,17+,18-/m1/s1. The average molecular weight is 397 g/mol. The van der Waals surface area contributed by atoms with Crippen molar-refractivity contribution < 1.29 is 33.6 Å². The molecule has 148 valence electrons. The molecule has 0 aromatic carbocycles. The highest BCUT2D eigenvalue weighted by Crippen LogP contribution is 2.59. The summed E-state index contributed by atoms with van der Waals surface area (Å²) in [7, 11) is 0. The molecule has 6 aliphatic rings. The van der Waals surface area contributed by atoms with Crippen molar-refractivity contribution in [2.75, 3.05) is 12.3 Å². The highest BCUT2D eigenvalue weighted by atomic mass is 32.2. The van der Waals surface area contributed by atoms with Crippen LogP contribution in [-0.4, -0.2) is 52.0 Å². The van der Waals surface area contributed by atoms with Crippen molar-refractivity contribution in [3.8, 4) is 0 Å². The minimum atomic E-state index is -0.928. The van der Waals surface area contributed by atoms with E-state index in [4.69, 9.17) is 19.2 Å². The second-order valence-corrected chi connectivity index (χ2v) is 9.44. The largest absolute Gasteiger partial charge is 0.432 e. The highest BCUT2D eigenvalue weighted by Gasteiger charge is 2.70. The monoisotopic (exact) mass is 397 g/mol. The lowest BCUT2D eigenvalue weighted by atomic mass is 9.58. The molecule has 0 unspecified atom stereocenters. The molecule has 8 nitrogen and oxygen atoms in total. The van der Waals surface area contributed by atoms with Gasteiger partial charge in [0.05, 0.1) is 11.7 Å². The molecule has 0 N–H and O–H groups in total. The van der Waals surface area contributed by atoms with Gasteiger partial charge in [0.25, 0.3) is 5.24 Å². The Hall–Kier alpha value is -1.16. The molecule has 2 amide bonds. The maximum Gasteiger partial charge on any atom is 0.313 e. The van der Waals surface area contributed by atoms with Gasteiger partial charge in [0.15, 0.2) is 5.60 Å². The number of hydrogen-bond acceptors (Lipinski definition) is 8. The molecule has 5 heterocycles. The first kappa shape index (κ1) is 17.9. The van der Waals surface area contributed by atoms with Gasteiger partial charge >= 0.3 is 5.97 Å². The summed E-state index contributed by atoms with van der Waals surface area (Å²) < 4.78 is 11.8. The normalized spacial score (nSPS) is 49.0. The first-order chi connectivity index (χ1) is 12.8. The number of hydrogen-bond donors (Lipinski definition) is 0. The summed E-state index contributed by atoms with van der Waals surface area (Å²) in [4.78, 5) is 49.9. The average Bonchev–Trinajstić information content (AvgIpc) is 2.79. The molecule has 6 fully saturated rings. The van der Waals surface area contributed by atoms with Crippen LogP contribution in [0.25, 0.3) is 0 Å². The van der Waals surface area contributed by atoms with Gasteiger partial charge in [-0.1, -0.05) is 18.7 Å². The van der Waals surface area contributed by atoms with Crippen molar-refractivity contribution >= 4 is 28.9 Å². The quantitative estimate of drug-likeness (QED) is 0.517. The predicted molar refractivity (Wildman–Crippen MR) is 91.9 cm³/mol. The minimum Gasteiger partial charge on any atom is -0.432 e. The Morgan fingerprint density at radius 2 is 1.96 bits per heavy atom. The van der Waals surface area contributed by atoms with Crippen LogP contribution in [0, 0.1) is 23.7 Å². The smallest absolute Gasteiger partial charge is 0.313 e. The molecule has 0 aromatic heterocycles. The molecule has 7 atom stereocenters. The summed E-state index contributed by atoms with van der Waals surface area (Å²) in [5, 5.41) is -0.307. The van der Waals surface area contributed by atoms with E-state index < -0.39 is 29.6 Å². The van der Waals surface area contributed by atoms with Gasteiger partial charge in [0.1, 0.15) is 0 Å². The second-order valence-electron chi connectivity index (χ2n) is 8.51. The van der Waals surface area contributed by atoms with Crippen LogP contribution in [0.4, 0.5) is 4.79 Å². The minimum absolute atomic E-state index is 0.0321. The van der Waals surface area contributed by atoms with Crippen LogP contribution in [-0.2, 0) is 28.8 Å². The summed E-state index contributed by atoms with van der Waals surface area (Å²) in [5.41, 5.74) is -0.884. The summed E-state index contributed by atoms with van der Waals surface area (Å²) in [6.07, 6.45) is 2.38. The lowest BCUT2D eigenvalue weighted by molar-refractivity contribution is -0.559. The maximum atomic E-state index is 12.9. The summed E-state index contributed by atoms with van der Waals surface area (Å²) >= 11 is 0.970. The number of carbonyl (C=O) groups is 3. The summed E-state index contributed by atoms with van der Waals surface area (Å²) in [5.74, 6) is -1.84. The topological polar surface area (TPSA) is 91.4 Å². The number of nitrogens with zero attached hydrogens (tertiary/aromatic N) is 1. The van der Waals surface area contributed by atoms with Crippen molar-refractivity contribution in [1.29, 1.82) is 0 Å². The zero-order valence-electron chi connectivity index (χ0n) is 15.3. The first-order valence-corrected chi connectivity index (χ1v) is 10.5. The fraction of sp³-hybridized carbons (Fsp3) is 0.833. The Bertz CT molecular complexity index is 700. The van der Waals surface area contributed by atoms with E-state index in [1.165, 1.54) is 4.90 Å². The maximum absolute atomic E-state index is 12.9. The van der Waals surface area contributed by atoms with Crippen LogP contribution in [0.2, 0.25) is 0 Å². The van der Waals surface area contributed by atoms with E-state index in [0.29, 0.717) is 12.3 Å². The van der Waals surface area contributed by atoms with Gasteiger partial charge in [-0.05, 0) is 32.1 Å². The number of thioether (sulfide) groups is 1. The number of rotatable bonds is 2. The molecule has 1 spiro atoms. The third kappa shape index (κ3) is 2.44. The second kappa shape index (κ2) is 5.92. The molecule has 0 radical (unpaired) electrons. The number of fused-ring (bicyclic) bond motifs is 2. The third-order valence-corrected chi connectivity index (χ3v) is 7.87. The molecular weight excluding hydrogens is 374 g/mol. The van der Waals surface area contributed by atoms with E-state index in [1.807, 2.05) is 0 Å². The number of ether oxygens (including phenoxy) is 2. The fourth-order valence-electron chi connectivity index (χ4n) is 5.57. The van der Waals surface area contributed by atoms with Crippen LogP contribution in [0.3, 0.4) is 0 Å². The van der Waals surface area contributed by atoms with Crippen LogP contribution in [0.15, 0.2) is 0 Å². The number of imide groups is 1. The Balaban J connectivity index is 1.53. The van der Waals surface area contributed by atoms with Gasteiger partial charge in [0.2, 0.25) is 18.0 Å². The summed E-state index contributed by atoms with van der Waals surface area (Å²) in [6.45, 7) is 4.02. The molecule has 1 saturated carbocycles. The van der Waals surface area contributed by atoms with E-state index in [0.717, 1.165) is 31.0 Å². The van der Waals surface area contributed by atoms with Gasteiger partial charge in [-0.2, -0.15) is 0 Å². The van der Waals surface area contributed by atoms with Crippen LogP contribution in [0.1, 0.15) is 39.5 Å². The molecule has 5 aliphatic heterocycles. The van der Waals surface area contributed by atoms with E-state index in [2.05, 4.69) is 6.92 Å². The molecule has 5 saturated heterocycles. The zero-order chi connectivity index (χ0) is 19.0. The molecule has 2 bridgehead atoms. The van der Waals surface area contributed by atoms with E-state index in [9.17, 15) is 14.4 Å². The van der Waals surface area contributed by atoms with Crippen LogP contribution >= 0.6 is 11.8 Å². The van der Waals surface area contributed by atoms with E-state index >= 15 is 0 Å². The third-order valence-electron chi connectivity index (χ3n) is 7.01. The molecular formula is C18H23NO7S. The first-order valence-electron chi connectivity index (χ1n) is 9.56. The van der Waals surface area contributed by atoms with Crippen LogP contribution in [0.5, 0.6) is 0 Å². The lowest BCUT2D eigenvalue weighted by Gasteiger charge is -2.58. The Labute approximate surface area is 161 Å². The highest BCUT2D eigenvalue weighted by molar-refractivity contribution is 8.14. The van der Waals surface area contributed by atoms with Crippen molar-refractivity contribution in [2.24, 2.45) is 23.7 Å². The van der Waals surface area contributed by atoms with Gasteiger partial charge in [-0.15, -0.1) is 0 Å². The van der Waals surface area contributed by atoms with Crippen molar-refractivity contribution in [1.82, 2.24) is 4.90 Å². The van der Waals surface area contributed by atoms with Gasteiger partial charge < -0.3 is 9.47 Å². The van der Waals surface area contributed by atoms with Crippen molar-refractivity contribution in [3.05, 3.63) is 0 Å². The van der Waals surface area contributed by atoms with Crippen LogP contribution < -0.4 is 0 Å². The zero-order valence-corrected chi connectivity index (χ0v) is 16.2.